The van der Waals surface area contributed by atoms with Gasteiger partial charge in [0.05, 0.1) is 17.6 Å². The molecule has 0 aliphatic heterocycles. The summed E-state index contributed by atoms with van der Waals surface area (Å²) in [4.78, 5) is 23.0. The fraction of sp³-hybridized carbons (Fsp3) is 0.409. The number of carbonyl (C=O) groups is 1. The van der Waals surface area contributed by atoms with Gasteiger partial charge in [0.2, 0.25) is 8.32 Å². The van der Waals surface area contributed by atoms with Gasteiger partial charge in [-0.1, -0.05) is 36.7 Å². The monoisotopic (exact) mass is 509 g/mol. The van der Waals surface area contributed by atoms with Gasteiger partial charge in [-0.3, -0.25) is 10.1 Å². The Balaban J connectivity index is 2.28. The third-order valence-electron chi connectivity index (χ3n) is 5.45. The van der Waals surface area contributed by atoms with Gasteiger partial charge in [0, 0.05) is 23.0 Å². The number of non-ortho nitro benzene ring substituents is 1. The van der Waals surface area contributed by atoms with E-state index in [0.717, 1.165) is 5.56 Å². The van der Waals surface area contributed by atoms with E-state index < -0.39 is 19.2 Å². The second kappa shape index (κ2) is 9.82. The van der Waals surface area contributed by atoms with Gasteiger partial charge in [-0.2, -0.15) is 0 Å². The first-order valence-corrected chi connectivity index (χ1v) is 13.8. The van der Waals surface area contributed by atoms with Gasteiger partial charge >= 0.3 is 5.97 Å². The van der Waals surface area contributed by atoms with Crippen molar-refractivity contribution >= 4 is 35.9 Å². The number of ether oxygens (including phenoxy) is 2. The highest BCUT2D eigenvalue weighted by Gasteiger charge is 2.39. The topological polar surface area (TPSA) is 87.9 Å². The molecule has 0 aromatic heterocycles. The van der Waals surface area contributed by atoms with E-state index in [9.17, 15) is 14.9 Å². The summed E-state index contributed by atoms with van der Waals surface area (Å²) in [5.41, 5.74) is 1.79. The van der Waals surface area contributed by atoms with Gasteiger partial charge in [0.25, 0.3) is 5.69 Å². The standard InChI is InChI=1S/C22H28BrNO6Si/c1-22(2,3)31(5,6)30-20-12-16(11-19(28-4)18(20)13-23)21(25)29-14-15-7-9-17(10-8-15)24(26)27/h7-12H,13-14H2,1-6H3. The van der Waals surface area contributed by atoms with E-state index in [-0.39, 0.29) is 17.3 Å². The van der Waals surface area contributed by atoms with Crippen LogP contribution in [0, 0.1) is 10.1 Å². The molecule has 7 nitrogen and oxygen atoms in total. The number of benzene rings is 2. The summed E-state index contributed by atoms with van der Waals surface area (Å²) in [6.45, 7) is 10.7. The molecule has 9 heteroatoms. The number of nitro groups is 1. The van der Waals surface area contributed by atoms with Crippen molar-refractivity contribution in [2.75, 3.05) is 7.11 Å². The number of nitro benzene ring substituents is 1. The second-order valence-electron chi connectivity index (χ2n) is 8.65. The Kier molecular flexibility index (Phi) is 7.88. The lowest BCUT2D eigenvalue weighted by molar-refractivity contribution is -0.384. The average Bonchev–Trinajstić information content (AvgIpc) is 2.70. The van der Waals surface area contributed by atoms with Gasteiger partial charge in [-0.05, 0) is 48.0 Å². The molecule has 0 atom stereocenters. The van der Waals surface area contributed by atoms with Crippen LogP contribution in [0.3, 0.4) is 0 Å². The Morgan fingerprint density at radius 1 is 1.13 bits per heavy atom. The zero-order chi connectivity index (χ0) is 23.4. The fourth-order valence-electron chi connectivity index (χ4n) is 2.52. The maximum Gasteiger partial charge on any atom is 0.338 e. The van der Waals surface area contributed by atoms with Gasteiger partial charge < -0.3 is 13.9 Å². The number of methoxy groups -OCH3 is 1. The van der Waals surface area contributed by atoms with Crippen LogP contribution in [-0.4, -0.2) is 26.3 Å². The lowest BCUT2D eigenvalue weighted by atomic mass is 10.1. The summed E-state index contributed by atoms with van der Waals surface area (Å²) in [7, 11) is -0.611. The molecule has 0 fully saturated rings. The quantitative estimate of drug-likeness (QED) is 0.137. The van der Waals surface area contributed by atoms with Crippen LogP contribution in [0.5, 0.6) is 11.5 Å². The SMILES string of the molecule is COc1cc(C(=O)OCc2ccc([N+](=O)[O-])cc2)cc(O[Si](C)(C)C(C)(C)C)c1CBr. The molecular weight excluding hydrogens is 482 g/mol. The number of esters is 1. The zero-order valence-corrected chi connectivity index (χ0v) is 21.2. The van der Waals surface area contributed by atoms with E-state index in [1.165, 1.54) is 12.1 Å². The van der Waals surface area contributed by atoms with E-state index in [1.54, 1.807) is 31.4 Å². The highest BCUT2D eigenvalue weighted by atomic mass is 79.9. The molecule has 0 heterocycles. The third-order valence-corrected chi connectivity index (χ3v) is 10.3. The summed E-state index contributed by atoms with van der Waals surface area (Å²) in [5, 5.41) is 11.3. The van der Waals surface area contributed by atoms with Crippen LogP contribution in [-0.2, 0) is 16.7 Å². The maximum atomic E-state index is 12.7. The van der Waals surface area contributed by atoms with Crippen molar-refractivity contribution in [2.24, 2.45) is 0 Å². The van der Waals surface area contributed by atoms with Gasteiger partial charge in [-0.25, -0.2) is 4.79 Å². The van der Waals surface area contributed by atoms with Crippen molar-refractivity contribution in [1.29, 1.82) is 0 Å². The highest BCUT2D eigenvalue weighted by Crippen LogP contribution is 2.41. The minimum Gasteiger partial charge on any atom is -0.543 e. The van der Waals surface area contributed by atoms with Gasteiger partial charge in [0.1, 0.15) is 18.1 Å². The molecule has 168 valence electrons. The molecule has 0 aliphatic rings. The molecule has 0 bridgehead atoms. The number of alkyl halides is 1. The second-order valence-corrected chi connectivity index (χ2v) is 13.9. The third kappa shape index (κ3) is 6.07. The van der Waals surface area contributed by atoms with E-state index in [0.29, 0.717) is 28.0 Å². The maximum absolute atomic E-state index is 12.7. The molecule has 2 rings (SSSR count). The first kappa shape index (κ1) is 24.9. The van der Waals surface area contributed by atoms with Crippen molar-refractivity contribution in [1.82, 2.24) is 0 Å². The molecule has 31 heavy (non-hydrogen) atoms. The highest BCUT2D eigenvalue weighted by molar-refractivity contribution is 9.08. The molecule has 0 N–H and O–H groups in total. The minimum absolute atomic E-state index is 0.00222. The number of halogens is 1. The number of hydrogen-bond acceptors (Lipinski definition) is 6. The van der Waals surface area contributed by atoms with Crippen LogP contribution in [0.1, 0.15) is 42.3 Å². The molecule has 2 aromatic rings. The molecule has 0 saturated carbocycles. The Morgan fingerprint density at radius 2 is 1.71 bits per heavy atom. The van der Waals surface area contributed by atoms with Gasteiger partial charge in [0.15, 0.2) is 0 Å². The minimum atomic E-state index is -2.16. The normalized spacial score (nSPS) is 11.7. The predicted octanol–water partition coefficient (Wildman–Crippen LogP) is 6.24. The summed E-state index contributed by atoms with van der Waals surface area (Å²) in [6, 6.07) is 9.20. The van der Waals surface area contributed by atoms with Crippen molar-refractivity contribution in [3.63, 3.8) is 0 Å². The summed E-state index contributed by atoms with van der Waals surface area (Å²) >= 11 is 3.49. The van der Waals surface area contributed by atoms with Crippen LogP contribution in [0.15, 0.2) is 36.4 Å². The van der Waals surface area contributed by atoms with E-state index in [2.05, 4.69) is 49.8 Å². The van der Waals surface area contributed by atoms with Crippen molar-refractivity contribution < 1.29 is 23.6 Å². The summed E-state index contributed by atoms with van der Waals surface area (Å²) in [5.74, 6) is 0.610. The Labute approximate surface area is 192 Å². The fourth-order valence-corrected chi connectivity index (χ4v) is 4.11. The van der Waals surface area contributed by atoms with Crippen LogP contribution < -0.4 is 9.16 Å². The molecule has 0 amide bonds. The van der Waals surface area contributed by atoms with Crippen LogP contribution >= 0.6 is 15.9 Å². The molecular formula is C22H28BrNO6Si. The molecule has 0 spiro atoms. The number of carbonyl (C=O) groups excluding carboxylic acids is 1. The number of hydrogen-bond donors (Lipinski definition) is 0. The van der Waals surface area contributed by atoms with Gasteiger partial charge in [-0.15, -0.1) is 0 Å². The Bertz CT molecular complexity index is 954. The smallest absolute Gasteiger partial charge is 0.338 e. The number of rotatable bonds is 8. The molecule has 0 radical (unpaired) electrons. The summed E-state index contributed by atoms with van der Waals surface area (Å²) in [6.07, 6.45) is 0. The Hall–Kier alpha value is -2.39. The Morgan fingerprint density at radius 3 is 2.19 bits per heavy atom. The molecule has 0 saturated heterocycles. The predicted molar refractivity (Wildman–Crippen MR) is 126 cm³/mol. The summed E-state index contributed by atoms with van der Waals surface area (Å²) < 4.78 is 17.4. The van der Waals surface area contributed by atoms with E-state index in [4.69, 9.17) is 13.9 Å². The van der Waals surface area contributed by atoms with Crippen molar-refractivity contribution in [3.05, 3.63) is 63.2 Å². The van der Waals surface area contributed by atoms with Crippen LogP contribution in [0.25, 0.3) is 0 Å². The lowest BCUT2D eigenvalue weighted by Crippen LogP contribution is -2.44. The van der Waals surface area contributed by atoms with Crippen LogP contribution in [0.4, 0.5) is 5.69 Å². The molecule has 0 aliphatic carbocycles. The molecule has 2 aromatic carbocycles. The average molecular weight is 510 g/mol. The van der Waals surface area contributed by atoms with E-state index in [1.807, 2.05) is 0 Å². The van der Waals surface area contributed by atoms with Crippen molar-refractivity contribution in [2.45, 2.75) is 50.8 Å². The first-order valence-electron chi connectivity index (χ1n) is 9.76. The zero-order valence-electron chi connectivity index (χ0n) is 18.7. The first-order chi connectivity index (χ1) is 14.4. The van der Waals surface area contributed by atoms with Crippen molar-refractivity contribution in [3.8, 4) is 11.5 Å². The number of nitrogens with zero attached hydrogens (tertiary/aromatic N) is 1. The van der Waals surface area contributed by atoms with E-state index >= 15 is 0 Å². The molecule has 0 unspecified atom stereocenters. The lowest BCUT2D eigenvalue weighted by Gasteiger charge is -2.37. The largest absolute Gasteiger partial charge is 0.543 e. The van der Waals surface area contributed by atoms with Crippen LogP contribution in [0.2, 0.25) is 18.1 Å².